The maximum absolute atomic E-state index is 14.1. The van der Waals surface area contributed by atoms with E-state index in [1.807, 2.05) is 38.1 Å². The zero-order chi connectivity index (χ0) is 60.3. The highest BCUT2D eigenvalue weighted by atomic mass is 35.5. The lowest BCUT2D eigenvalue weighted by Crippen LogP contribution is -2.47. The summed E-state index contributed by atoms with van der Waals surface area (Å²) in [6, 6.07) is 31.3. The van der Waals surface area contributed by atoms with E-state index in [1.54, 1.807) is 87.1 Å². The zero-order valence-electron chi connectivity index (χ0n) is 48.8. The van der Waals surface area contributed by atoms with Crippen LogP contribution in [0.4, 0.5) is 17.2 Å². The van der Waals surface area contributed by atoms with E-state index in [9.17, 15) is 26.4 Å². The number of para-hydroxylation sites is 2. The van der Waals surface area contributed by atoms with Gasteiger partial charge in [0.15, 0.2) is 32.1 Å². The predicted octanol–water partition coefficient (Wildman–Crippen LogP) is 8.23. The van der Waals surface area contributed by atoms with E-state index in [1.165, 1.54) is 6.20 Å². The number of carbonyl (C=O) groups is 2. The van der Waals surface area contributed by atoms with Crippen LogP contribution in [0.2, 0.25) is 5.02 Å². The number of nitrogens with one attached hydrogen (secondary N) is 2. The quantitative estimate of drug-likeness (QED) is 0.0384. The Kier molecular flexibility index (Phi) is 20.8. The van der Waals surface area contributed by atoms with Gasteiger partial charge in [0.1, 0.15) is 38.3 Å². The van der Waals surface area contributed by atoms with Crippen molar-refractivity contribution < 1.29 is 50.1 Å². The zero-order valence-corrected chi connectivity index (χ0v) is 51.2. The SMILES string of the molecule is CCOC(=O)CC(c1ccc(C)c(CC2CC(C)Oc3ccccc3S2(=O)=O)c1)c1cc(OCC(=O)NCCOCCOCCN2CCN(c3ccc(Cc4ncc(Cl)c(Nc5ccccc5S(=O)(=O)C(C)C)n4)cc3)CC2)c2c(c1)nnn2C. The molecule has 1 saturated heterocycles. The molecule has 9 rings (SSSR count). The molecule has 0 bridgehead atoms. The standard InChI is InChI=1S/C62H74ClN9O11S2/c1-7-81-60(74)38-50(45-19-16-42(4)46(34-45)35-49-32-43(5)83-54-13-9-11-15-57(54)85(49,77)78)47-36-53-61(70(6)69-68-53)55(37-47)82-40-59(73)64-22-28-79-30-31-80-29-27-71-23-25-72(26-24-71)48-20-17-44(18-21-48)33-58-65-39-51(63)62(67-58)66-52-12-8-10-14-56(52)84(75,76)41(2)3/h8-21,34,36-37,39,41,43,49-50H,7,22-33,35,38,40H2,1-6H3,(H,64,73)(H,65,66,67). The van der Waals surface area contributed by atoms with E-state index in [-0.39, 0.29) is 66.0 Å². The molecule has 0 saturated carbocycles. The molecule has 23 heteroatoms. The van der Waals surface area contributed by atoms with Gasteiger partial charge in [0, 0.05) is 70.8 Å². The van der Waals surface area contributed by atoms with Crippen LogP contribution in [0.15, 0.2) is 119 Å². The minimum absolute atomic E-state index is 0.0206. The molecule has 2 aliphatic rings. The normalized spacial score (nSPS) is 16.5. The predicted molar refractivity (Wildman–Crippen MR) is 326 cm³/mol. The third kappa shape index (κ3) is 15.6. The van der Waals surface area contributed by atoms with Crippen molar-refractivity contribution in [2.75, 3.05) is 89.1 Å². The third-order valence-corrected chi connectivity index (χ3v) is 19.9. The Morgan fingerprint density at radius 1 is 0.894 bits per heavy atom. The summed E-state index contributed by atoms with van der Waals surface area (Å²) < 4.78 is 85.1. The van der Waals surface area contributed by atoms with Crippen molar-refractivity contribution in [3.63, 3.8) is 0 Å². The van der Waals surface area contributed by atoms with Gasteiger partial charge in [-0.25, -0.2) is 31.5 Å². The van der Waals surface area contributed by atoms with Crippen LogP contribution in [0, 0.1) is 6.92 Å². The topological polar surface area (TPSA) is 236 Å². The maximum Gasteiger partial charge on any atom is 0.306 e. The Bertz CT molecular complexity index is 3690. The molecule has 4 heterocycles. The second-order valence-electron chi connectivity index (χ2n) is 21.6. The number of hydrogen-bond acceptors (Lipinski definition) is 18. The molecular weight excluding hydrogens is 1150 g/mol. The first-order valence-corrected chi connectivity index (χ1v) is 32.2. The summed E-state index contributed by atoms with van der Waals surface area (Å²) in [5.74, 6) is 0.276. The van der Waals surface area contributed by atoms with Crippen molar-refractivity contribution in [2.45, 2.75) is 92.6 Å². The average molecular weight is 1220 g/mol. The van der Waals surface area contributed by atoms with Gasteiger partial charge >= 0.3 is 5.97 Å². The summed E-state index contributed by atoms with van der Waals surface area (Å²) >= 11 is 6.47. The Balaban J connectivity index is 0.700. The Morgan fingerprint density at radius 3 is 2.40 bits per heavy atom. The number of halogens is 1. The number of aromatic nitrogens is 5. The van der Waals surface area contributed by atoms with Crippen molar-refractivity contribution >= 4 is 71.4 Å². The number of carbonyl (C=O) groups excluding carboxylic acids is 2. The number of ether oxygens (including phenoxy) is 5. The molecule has 2 N–H and O–H groups in total. The number of aryl methyl sites for hydroxylation is 2. The smallest absolute Gasteiger partial charge is 0.306 e. The number of sulfone groups is 2. The first kappa shape index (κ1) is 62.3. The van der Waals surface area contributed by atoms with Gasteiger partial charge in [-0.05, 0) is 117 Å². The number of esters is 1. The molecule has 2 aromatic heterocycles. The lowest BCUT2D eigenvalue weighted by molar-refractivity contribution is -0.143. The van der Waals surface area contributed by atoms with Gasteiger partial charge in [0.2, 0.25) is 0 Å². The van der Waals surface area contributed by atoms with Crippen molar-refractivity contribution in [3.8, 4) is 11.5 Å². The molecule has 1 fully saturated rings. The van der Waals surface area contributed by atoms with Crippen molar-refractivity contribution in [3.05, 3.63) is 148 Å². The number of fused-ring (bicyclic) bond motifs is 2. The molecule has 452 valence electrons. The van der Waals surface area contributed by atoms with E-state index in [4.69, 9.17) is 35.3 Å². The first-order valence-electron chi connectivity index (χ1n) is 28.7. The molecule has 1 amide bonds. The van der Waals surface area contributed by atoms with E-state index < -0.39 is 42.1 Å². The summed E-state index contributed by atoms with van der Waals surface area (Å²) in [4.78, 5) is 40.6. The largest absolute Gasteiger partial charge is 0.489 e. The highest BCUT2D eigenvalue weighted by Crippen LogP contribution is 2.39. The molecule has 3 atom stereocenters. The van der Waals surface area contributed by atoms with Crippen LogP contribution in [-0.4, -0.2) is 154 Å². The second-order valence-corrected chi connectivity index (χ2v) is 26.6. The first-order chi connectivity index (χ1) is 40.9. The van der Waals surface area contributed by atoms with Gasteiger partial charge in [-0.3, -0.25) is 14.5 Å². The summed E-state index contributed by atoms with van der Waals surface area (Å²) in [6.45, 7) is 15.0. The van der Waals surface area contributed by atoms with Crippen LogP contribution >= 0.6 is 11.6 Å². The van der Waals surface area contributed by atoms with Gasteiger partial charge in [0.25, 0.3) is 5.91 Å². The summed E-state index contributed by atoms with van der Waals surface area (Å²) in [5.41, 5.74) is 6.84. The lowest BCUT2D eigenvalue weighted by Gasteiger charge is -2.36. The van der Waals surface area contributed by atoms with Crippen molar-refractivity contribution in [1.29, 1.82) is 0 Å². The molecular formula is C62H74ClN9O11S2. The van der Waals surface area contributed by atoms with Gasteiger partial charge in [0.05, 0.1) is 72.8 Å². The van der Waals surface area contributed by atoms with Gasteiger partial charge < -0.3 is 39.2 Å². The Morgan fingerprint density at radius 2 is 1.64 bits per heavy atom. The van der Waals surface area contributed by atoms with Crippen LogP contribution in [0.3, 0.4) is 0 Å². The van der Waals surface area contributed by atoms with Gasteiger partial charge in [-0.1, -0.05) is 71.4 Å². The fraction of sp³-hybridized carbons (Fsp3) is 0.419. The van der Waals surface area contributed by atoms with Crippen LogP contribution < -0.4 is 25.0 Å². The van der Waals surface area contributed by atoms with Crippen LogP contribution in [0.1, 0.15) is 80.1 Å². The molecule has 0 radical (unpaired) electrons. The molecule has 5 aromatic carbocycles. The average Bonchev–Trinajstić information content (AvgIpc) is 3.97. The number of anilines is 3. The van der Waals surface area contributed by atoms with E-state index in [2.05, 4.69) is 65.0 Å². The van der Waals surface area contributed by atoms with Gasteiger partial charge in [-0.2, -0.15) is 0 Å². The number of amides is 1. The summed E-state index contributed by atoms with van der Waals surface area (Å²) in [5, 5.41) is 13.5. The molecule has 0 spiro atoms. The highest BCUT2D eigenvalue weighted by Gasteiger charge is 2.36. The third-order valence-electron chi connectivity index (χ3n) is 15.3. The Labute approximate surface area is 502 Å². The van der Waals surface area contributed by atoms with Gasteiger partial charge in [-0.15, -0.1) is 5.10 Å². The monoisotopic (exact) mass is 1220 g/mol. The number of rotatable bonds is 26. The Hall–Kier alpha value is -7.21. The minimum Gasteiger partial charge on any atom is -0.489 e. The van der Waals surface area contributed by atoms with Crippen LogP contribution in [0.25, 0.3) is 11.0 Å². The molecule has 85 heavy (non-hydrogen) atoms. The van der Waals surface area contributed by atoms with E-state index >= 15 is 0 Å². The lowest BCUT2D eigenvalue weighted by atomic mass is 9.85. The second kappa shape index (κ2) is 28.3. The highest BCUT2D eigenvalue weighted by molar-refractivity contribution is 7.92. The number of nitrogens with zero attached hydrogens (tertiary/aromatic N) is 7. The maximum atomic E-state index is 14.1. The van der Waals surface area contributed by atoms with Crippen molar-refractivity contribution in [1.82, 2.24) is 35.2 Å². The minimum atomic E-state index is -3.75. The molecule has 2 aliphatic heterocycles. The fourth-order valence-electron chi connectivity index (χ4n) is 10.6. The summed E-state index contributed by atoms with van der Waals surface area (Å²) in [7, 11) is -5.57. The molecule has 0 aliphatic carbocycles. The van der Waals surface area contributed by atoms with Crippen LogP contribution in [-0.2, 0) is 63.4 Å². The molecule has 7 aromatic rings. The number of hydrogen-bond donors (Lipinski definition) is 2. The number of piperazine rings is 1. The summed E-state index contributed by atoms with van der Waals surface area (Å²) in [6.07, 6.45) is 2.19. The van der Waals surface area contributed by atoms with Crippen molar-refractivity contribution in [2.24, 2.45) is 7.05 Å². The molecule has 3 unspecified atom stereocenters. The van der Waals surface area contributed by atoms with Crippen LogP contribution in [0.5, 0.6) is 11.5 Å². The van der Waals surface area contributed by atoms with E-state index in [0.29, 0.717) is 78.1 Å². The van der Waals surface area contributed by atoms with E-state index in [0.717, 1.165) is 60.7 Å². The fourth-order valence-corrected chi connectivity index (χ4v) is 13.9. The number of benzene rings is 5. The molecule has 20 nitrogen and oxygen atoms in total.